The predicted octanol–water partition coefficient (Wildman–Crippen LogP) is 3.19. The number of nitrogens with zero attached hydrogens (tertiary/aromatic N) is 2. The summed E-state index contributed by atoms with van der Waals surface area (Å²) >= 11 is 1.48. The van der Waals surface area contributed by atoms with E-state index in [1.165, 1.54) is 22.2 Å². The Balaban J connectivity index is 1.72. The van der Waals surface area contributed by atoms with Gasteiger partial charge in [-0.3, -0.25) is 14.2 Å². The summed E-state index contributed by atoms with van der Waals surface area (Å²) in [5.41, 5.74) is 1.93. The standard InChI is InChI=1S/C19H18N2O3S/c1-19(2)8-15-13(10-24-19)16-17(25-15)18(23)21(11-20-16)9-14(22)12-6-4-3-5-7-12/h3-7,11H,8-10H2,1-2H3. The van der Waals surface area contributed by atoms with Gasteiger partial charge in [-0.1, -0.05) is 30.3 Å². The Morgan fingerprint density at radius 2 is 2.08 bits per heavy atom. The van der Waals surface area contributed by atoms with E-state index in [0.717, 1.165) is 16.9 Å². The van der Waals surface area contributed by atoms with E-state index < -0.39 is 0 Å². The van der Waals surface area contributed by atoms with Crippen molar-refractivity contribution >= 4 is 27.3 Å². The molecular formula is C19H18N2O3S. The summed E-state index contributed by atoms with van der Waals surface area (Å²) < 4.78 is 7.86. The van der Waals surface area contributed by atoms with Crippen LogP contribution in [0.1, 0.15) is 34.6 Å². The molecule has 0 N–H and O–H groups in total. The fourth-order valence-corrected chi connectivity index (χ4v) is 4.50. The van der Waals surface area contributed by atoms with E-state index in [-0.39, 0.29) is 23.5 Å². The quantitative estimate of drug-likeness (QED) is 0.678. The van der Waals surface area contributed by atoms with Gasteiger partial charge in [0.05, 0.1) is 30.6 Å². The lowest BCUT2D eigenvalue weighted by atomic mass is 9.98. The highest BCUT2D eigenvalue weighted by atomic mass is 32.1. The minimum atomic E-state index is -0.226. The largest absolute Gasteiger partial charge is 0.370 e. The number of Topliss-reactive ketones (excluding diaryl/α,β-unsaturated/α-hetero) is 1. The first-order valence-electron chi connectivity index (χ1n) is 8.16. The normalized spacial score (nSPS) is 15.9. The van der Waals surface area contributed by atoms with Crippen LogP contribution in [0.25, 0.3) is 10.2 Å². The third-order valence-electron chi connectivity index (χ3n) is 4.45. The summed E-state index contributed by atoms with van der Waals surface area (Å²) in [5.74, 6) is -0.102. The third-order valence-corrected chi connectivity index (χ3v) is 5.66. The number of carbonyl (C=O) groups is 1. The lowest BCUT2D eigenvalue weighted by Crippen LogP contribution is -2.30. The number of fused-ring (bicyclic) bond motifs is 3. The van der Waals surface area contributed by atoms with Crippen LogP contribution in [0.15, 0.2) is 41.5 Å². The number of carbonyl (C=O) groups excluding carboxylic acids is 1. The first-order valence-corrected chi connectivity index (χ1v) is 8.98. The maximum Gasteiger partial charge on any atom is 0.271 e. The number of hydrogen-bond acceptors (Lipinski definition) is 5. The second-order valence-corrected chi connectivity index (χ2v) is 7.98. The van der Waals surface area contributed by atoms with Gasteiger partial charge in [0.1, 0.15) is 4.70 Å². The Morgan fingerprint density at radius 3 is 2.84 bits per heavy atom. The molecular weight excluding hydrogens is 336 g/mol. The van der Waals surface area contributed by atoms with Gasteiger partial charge in [-0.05, 0) is 13.8 Å². The van der Waals surface area contributed by atoms with Crippen LogP contribution in [0.5, 0.6) is 0 Å². The Labute approximate surface area is 148 Å². The minimum absolute atomic E-state index is 0.00362. The average molecular weight is 354 g/mol. The monoisotopic (exact) mass is 354 g/mol. The van der Waals surface area contributed by atoms with Crippen molar-refractivity contribution in [1.29, 1.82) is 0 Å². The van der Waals surface area contributed by atoms with Crippen molar-refractivity contribution in [3.05, 3.63) is 63.0 Å². The van der Waals surface area contributed by atoms with E-state index in [9.17, 15) is 9.59 Å². The van der Waals surface area contributed by atoms with Crippen molar-refractivity contribution in [3.8, 4) is 0 Å². The van der Waals surface area contributed by atoms with Crippen molar-refractivity contribution in [2.45, 2.75) is 39.0 Å². The molecule has 2 aromatic heterocycles. The van der Waals surface area contributed by atoms with Crippen LogP contribution < -0.4 is 5.56 Å². The van der Waals surface area contributed by atoms with Crippen LogP contribution in [0.3, 0.4) is 0 Å². The molecule has 5 nitrogen and oxygen atoms in total. The zero-order valence-electron chi connectivity index (χ0n) is 14.1. The van der Waals surface area contributed by atoms with E-state index in [1.54, 1.807) is 12.1 Å². The molecule has 3 heterocycles. The van der Waals surface area contributed by atoms with E-state index >= 15 is 0 Å². The topological polar surface area (TPSA) is 61.2 Å². The van der Waals surface area contributed by atoms with Gasteiger partial charge in [0, 0.05) is 22.4 Å². The summed E-state index contributed by atoms with van der Waals surface area (Å²) in [6.07, 6.45) is 2.24. The lowest BCUT2D eigenvalue weighted by molar-refractivity contribution is -0.0383. The molecule has 0 atom stereocenters. The molecule has 1 aliphatic heterocycles. The number of aromatic nitrogens is 2. The highest BCUT2D eigenvalue weighted by Gasteiger charge is 2.30. The summed E-state index contributed by atoms with van der Waals surface area (Å²) in [4.78, 5) is 30.8. The van der Waals surface area contributed by atoms with Crippen molar-refractivity contribution in [2.24, 2.45) is 0 Å². The molecule has 0 amide bonds. The number of ketones is 1. The molecule has 0 bridgehead atoms. The van der Waals surface area contributed by atoms with Crippen LogP contribution in [0.2, 0.25) is 0 Å². The molecule has 1 aromatic carbocycles. The van der Waals surface area contributed by atoms with Gasteiger partial charge in [-0.2, -0.15) is 0 Å². The van der Waals surface area contributed by atoms with Crippen LogP contribution in [-0.2, 0) is 24.3 Å². The van der Waals surface area contributed by atoms with Gasteiger partial charge in [0.15, 0.2) is 5.78 Å². The Hall–Kier alpha value is -2.31. The van der Waals surface area contributed by atoms with Crippen molar-refractivity contribution < 1.29 is 9.53 Å². The zero-order valence-corrected chi connectivity index (χ0v) is 14.9. The molecule has 0 spiro atoms. The molecule has 3 aromatic rings. The number of hydrogen-bond donors (Lipinski definition) is 0. The highest BCUT2D eigenvalue weighted by Crippen LogP contribution is 2.36. The molecule has 0 radical (unpaired) electrons. The maximum atomic E-state index is 12.8. The highest BCUT2D eigenvalue weighted by molar-refractivity contribution is 7.19. The molecule has 4 rings (SSSR count). The Kier molecular flexibility index (Phi) is 3.81. The molecule has 6 heteroatoms. The first kappa shape index (κ1) is 16.2. The molecule has 128 valence electrons. The molecule has 0 saturated carbocycles. The summed E-state index contributed by atoms with van der Waals surface area (Å²) in [6, 6.07) is 8.99. The average Bonchev–Trinajstić information content (AvgIpc) is 2.95. The molecule has 0 unspecified atom stereocenters. The molecule has 0 aliphatic carbocycles. The Bertz CT molecular complexity index is 1020. The number of ether oxygens (including phenoxy) is 1. The summed E-state index contributed by atoms with van der Waals surface area (Å²) in [5, 5.41) is 0. The zero-order chi connectivity index (χ0) is 17.6. The number of benzene rings is 1. The number of rotatable bonds is 3. The smallest absolute Gasteiger partial charge is 0.271 e. The minimum Gasteiger partial charge on any atom is -0.370 e. The fourth-order valence-electron chi connectivity index (χ4n) is 3.07. The maximum absolute atomic E-state index is 12.8. The van der Waals surface area contributed by atoms with Crippen LogP contribution in [0, 0.1) is 0 Å². The third kappa shape index (κ3) is 2.92. The molecule has 0 saturated heterocycles. The Morgan fingerprint density at radius 1 is 1.32 bits per heavy atom. The van der Waals surface area contributed by atoms with Crippen molar-refractivity contribution in [1.82, 2.24) is 9.55 Å². The fraction of sp³-hybridized carbons (Fsp3) is 0.316. The van der Waals surface area contributed by atoms with E-state index in [0.29, 0.717) is 22.4 Å². The second-order valence-electron chi connectivity index (χ2n) is 6.87. The SMILES string of the molecule is CC1(C)Cc2sc3c(=O)n(CC(=O)c4ccccc4)cnc3c2CO1. The lowest BCUT2D eigenvalue weighted by Gasteiger charge is -2.29. The molecule has 0 fully saturated rings. The summed E-state index contributed by atoms with van der Waals surface area (Å²) in [6.45, 7) is 4.56. The van der Waals surface area contributed by atoms with Gasteiger partial charge >= 0.3 is 0 Å². The van der Waals surface area contributed by atoms with E-state index in [4.69, 9.17) is 4.74 Å². The van der Waals surface area contributed by atoms with Crippen molar-refractivity contribution in [2.75, 3.05) is 0 Å². The second kappa shape index (κ2) is 5.89. The van der Waals surface area contributed by atoms with Gasteiger partial charge < -0.3 is 4.74 Å². The van der Waals surface area contributed by atoms with Gasteiger partial charge in [0.2, 0.25) is 0 Å². The van der Waals surface area contributed by atoms with Crippen LogP contribution >= 0.6 is 11.3 Å². The number of thiophene rings is 1. The first-order chi connectivity index (χ1) is 11.9. The van der Waals surface area contributed by atoms with E-state index in [1.807, 2.05) is 32.0 Å². The van der Waals surface area contributed by atoms with Gasteiger partial charge in [0.25, 0.3) is 5.56 Å². The van der Waals surface area contributed by atoms with Gasteiger partial charge in [-0.15, -0.1) is 11.3 Å². The predicted molar refractivity (Wildman–Crippen MR) is 97.2 cm³/mol. The molecule has 1 aliphatic rings. The summed E-state index contributed by atoms with van der Waals surface area (Å²) in [7, 11) is 0. The van der Waals surface area contributed by atoms with Crippen LogP contribution in [-0.4, -0.2) is 20.9 Å². The molecule has 25 heavy (non-hydrogen) atoms. The van der Waals surface area contributed by atoms with Crippen LogP contribution in [0.4, 0.5) is 0 Å². The van der Waals surface area contributed by atoms with E-state index in [2.05, 4.69) is 4.98 Å². The van der Waals surface area contributed by atoms with Crippen molar-refractivity contribution in [3.63, 3.8) is 0 Å². The van der Waals surface area contributed by atoms with Gasteiger partial charge in [-0.25, -0.2) is 4.98 Å².